The Morgan fingerprint density at radius 1 is 1.03 bits per heavy atom. The highest BCUT2D eigenvalue weighted by molar-refractivity contribution is 7.80. The first-order valence-corrected chi connectivity index (χ1v) is 11.0. The van der Waals surface area contributed by atoms with Crippen LogP contribution in [0.15, 0.2) is 47.5 Å². The molecule has 1 aliphatic carbocycles. The molecule has 2 aliphatic rings. The summed E-state index contributed by atoms with van der Waals surface area (Å²) in [7, 11) is 0. The maximum atomic E-state index is 5.79. The minimum absolute atomic E-state index is 0.197. The third kappa shape index (κ3) is 3.64. The van der Waals surface area contributed by atoms with E-state index in [-0.39, 0.29) is 5.54 Å². The average molecular weight is 408 g/mol. The average Bonchev–Trinajstić information content (AvgIpc) is 2.97. The first-order valence-electron chi connectivity index (χ1n) is 10.5. The van der Waals surface area contributed by atoms with Gasteiger partial charge in [0.05, 0.1) is 6.61 Å². The fourth-order valence-corrected chi connectivity index (χ4v) is 5.00. The fourth-order valence-electron chi connectivity index (χ4n) is 4.63. The molecule has 5 heteroatoms. The SMILES string of the molecule is CCOc1ccc(N2C(=S)N=C(Nc3c(C)cccc3C)C23CCCCC3)cc1. The Kier molecular flexibility index (Phi) is 5.59. The van der Waals surface area contributed by atoms with Crippen molar-refractivity contribution in [1.29, 1.82) is 0 Å². The van der Waals surface area contributed by atoms with Crippen LogP contribution in [0.5, 0.6) is 5.75 Å². The summed E-state index contributed by atoms with van der Waals surface area (Å²) >= 11 is 5.79. The van der Waals surface area contributed by atoms with E-state index in [1.807, 2.05) is 19.1 Å². The predicted molar refractivity (Wildman–Crippen MR) is 125 cm³/mol. The van der Waals surface area contributed by atoms with Crippen molar-refractivity contribution in [2.45, 2.75) is 58.4 Å². The van der Waals surface area contributed by atoms with E-state index < -0.39 is 0 Å². The van der Waals surface area contributed by atoms with Crippen LogP contribution in [0.3, 0.4) is 0 Å². The number of nitrogens with one attached hydrogen (secondary N) is 1. The number of aliphatic imine (C=N–C) groups is 1. The van der Waals surface area contributed by atoms with Gasteiger partial charge in [-0.1, -0.05) is 37.5 Å². The van der Waals surface area contributed by atoms with Gasteiger partial charge >= 0.3 is 0 Å². The lowest BCUT2D eigenvalue weighted by Gasteiger charge is -2.43. The van der Waals surface area contributed by atoms with E-state index >= 15 is 0 Å². The summed E-state index contributed by atoms with van der Waals surface area (Å²) in [6.45, 7) is 6.94. The van der Waals surface area contributed by atoms with E-state index in [4.69, 9.17) is 21.9 Å². The number of thiocarbonyl (C=S) groups is 1. The van der Waals surface area contributed by atoms with Crippen molar-refractivity contribution in [2.24, 2.45) is 4.99 Å². The molecule has 1 spiro atoms. The van der Waals surface area contributed by atoms with Crippen LogP contribution in [0.4, 0.5) is 11.4 Å². The van der Waals surface area contributed by atoms with Crippen molar-refractivity contribution in [1.82, 2.24) is 0 Å². The van der Waals surface area contributed by atoms with Gasteiger partial charge < -0.3 is 15.0 Å². The van der Waals surface area contributed by atoms with Gasteiger partial charge in [-0.15, -0.1) is 0 Å². The standard InChI is InChI=1S/C24H29N3OS/c1-4-28-20-13-11-19(12-14-20)27-23(29)26-22(24(27)15-6-5-7-16-24)25-21-17(2)9-8-10-18(21)3/h8-14H,4-7,15-16H2,1-3H3,(H,25,26,29). The number of hydrogen-bond donors (Lipinski definition) is 1. The second-order valence-corrected chi connectivity index (χ2v) is 8.35. The van der Waals surface area contributed by atoms with Crippen LogP contribution >= 0.6 is 12.2 Å². The van der Waals surface area contributed by atoms with Gasteiger partial charge in [0, 0.05) is 11.4 Å². The predicted octanol–water partition coefficient (Wildman–Crippen LogP) is 6.02. The van der Waals surface area contributed by atoms with E-state index in [0.29, 0.717) is 11.7 Å². The number of aryl methyl sites for hydroxylation is 2. The van der Waals surface area contributed by atoms with Gasteiger partial charge in [0.15, 0.2) is 0 Å². The Labute approximate surface area is 179 Å². The highest BCUT2D eigenvalue weighted by atomic mass is 32.1. The lowest BCUT2D eigenvalue weighted by Crippen LogP contribution is -2.55. The van der Waals surface area contributed by atoms with E-state index in [0.717, 1.165) is 35.8 Å². The lowest BCUT2D eigenvalue weighted by molar-refractivity contribution is 0.340. The largest absolute Gasteiger partial charge is 0.494 e. The monoisotopic (exact) mass is 407 g/mol. The van der Waals surface area contributed by atoms with Crippen molar-refractivity contribution in [2.75, 3.05) is 16.8 Å². The van der Waals surface area contributed by atoms with Gasteiger partial charge in [-0.25, -0.2) is 4.99 Å². The van der Waals surface area contributed by atoms with E-state index in [1.165, 1.54) is 30.4 Å². The second-order valence-electron chi connectivity index (χ2n) is 7.99. The van der Waals surface area contributed by atoms with Crippen LogP contribution in [-0.2, 0) is 0 Å². The van der Waals surface area contributed by atoms with Gasteiger partial charge in [0.25, 0.3) is 0 Å². The summed E-state index contributed by atoms with van der Waals surface area (Å²) in [6, 6.07) is 14.6. The third-order valence-electron chi connectivity index (χ3n) is 6.08. The van der Waals surface area contributed by atoms with Crippen LogP contribution in [0.25, 0.3) is 0 Å². The Morgan fingerprint density at radius 3 is 2.31 bits per heavy atom. The third-order valence-corrected chi connectivity index (χ3v) is 6.35. The van der Waals surface area contributed by atoms with E-state index in [2.05, 4.69) is 54.4 Å². The molecule has 29 heavy (non-hydrogen) atoms. The molecule has 0 atom stereocenters. The Bertz CT molecular complexity index is 909. The number of benzene rings is 2. The Balaban J connectivity index is 1.71. The number of rotatable bonds is 4. The molecule has 1 fully saturated rings. The molecular formula is C24H29N3OS. The van der Waals surface area contributed by atoms with Crippen LogP contribution in [0, 0.1) is 13.8 Å². The van der Waals surface area contributed by atoms with Crippen LogP contribution in [0.1, 0.15) is 50.2 Å². The summed E-state index contributed by atoms with van der Waals surface area (Å²) in [5, 5.41) is 4.34. The molecule has 0 aromatic heterocycles. The zero-order chi connectivity index (χ0) is 20.4. The molecule has 1 heterocycles. The molecule has 4 nitrogen and oxygen atoms in total. The Morgan fingerprint density at radius 2 is 1.69 bits per heavy atom. The topological polar surface area (TPSA) is 36.9 Å². The van der Waals surface area contributed by atoms with Crippen LogP contribution in [0.2, 0.25) is 0 Å². The van der Waals surface area contributed by atoms with Gasteiger partial charge in [-0.05, 0) is 81.2 Å². The summed E-state index contributed by atoms with van der Waals surface area (Å²) in [5.74, 6) is 1.88. The van der Waals surface area contributed by atoms with Gasteiger partial charge in [0.2, 0.25) is 5.11 Å². The molecule has 1 saturated carbocycles. The maximum absolute atomic E-state index is 5.79. The Hall–Kier alpha value is -2.40. The summed E-state index contributed by atoms with van der Waals surface area (Å²) < 4.78 is 5.62. The van der Waals surface area contributed by atoms with Gasteiger partial charge in [-0.3, -0.25) is 0 Å². The molecule has 0 unspecified atom stereocenters. The number of para-hydroxylation sites is 1. The number of ether oxygens (including phenoxy) is 1. The molecule has 0 saturated heterocycles. The van der Waals surface area contributed by atoms with E-state index in [9.17, 15) is 0 Å². The minimum Gasteiger partial charge on any atom is -0.494 e. The number of amidine groups is 1. The minimum atomic E-state index is -0.197. The number of hydrogen-bond acceptors (Lipinski definition) is 3. The summed E-state index contributed by atoms with van der Waals surface area (Å²) in [5.41, 5.74) is 4.49. The molecule has 2 aromatic carbocycles. The van der Waals surface area contributed by atoms with Crippen molar-refractivity contribution in [3.05, 3.63) is 53.6 Å². The van der Waals surface area contributed by atoms with Gasteiger partial charge in [-0.2, -0.15) is 0 Å². The number of nitrogens with zero attached hydrogens (tertiary/aromatic N) is 2. The molecule has 152 valence electrons. The van der Waals surface area contributed by atoms with Crippen LogP contribution in [-0.4, -0.2) is 23.1 Å². The van der Waals surface area contributed by atoms with Crippen molar-refractivity contribution in [3.8, 4) is 5.75 Å². The fraction of sp³-hybridized carbons (Fsp3) is 0.417. The smallest absolute Gasteiger partial charge is 0.202 e. The molecule has 2 aromatic rings. The highest BCUT2D eigenvalue weighted by Crippen LogP contribution is 2.42. The zero-order valence-electron chi connectivity index (χ0n) is 17.5. The highest BCUT2D eigenvalue weighted by Gasteiger charge is 2.49. The normalized spacial score (nSPS) is 18.1. The van der Waals surface area contributed by atoms with Crippen molar-refractivity contribution in [3.63, 3.8) is 0 Å². The molecule has 1 aliphatic heterocycles. The molecule has 4 rings (SSSR count). The summed E-state index contributed by atoms with van der Waals surface area (Å²) in [4.78, 5) is 7.16. The lowest BCUT2D eigenvalue weighted by atomic mass is 9.79. The van der Waals surface area contributed by atoms with Crippen molar-refractivity contribution >= 4 is 34.5 Å². The van der Waals surface area contributed by atoms with Gasteiger partial charge in [0.1, 0.15) is 17.1 Å². The van der Waals surface area contributed by atoms with E-state index in [1.54, 1.807) is 0 Å². The zero-order valence-corrected chi connectivity index (χ0v) is 18.3. The summed E-state index contributed by atoms with van der Waals surface area (Å²) in [6.07, 6.45) is 5.74. The quantitative estimate of drug-likeness (QED) is 0.629. The maximum Gasteiger partial charge on any atom is 0.202 e. The molecule has 0 bridgehead atoms. The van der Waals surface area contributed by atoms with Crippen LogP contribution < -0.4 is 15.0 Å². The molecule has 0 radical (unpaired) electrons. The first-order chi connectivity index (χ1) is 14.0. The second kappa shape index (κ2) is 8.15. The molecular weight excluding hydrogens is 378 g/mol. The molecule has 0 amide bonds. The first kappa shape index (κ1) is 19.9. The molecule has 1 N–H and O–H groups in total. The van der Waals surface area contributed by atoms with Crippen molar-refractivity contribution < 1.29 is 4.74 Å². The number of anilines is 2.